The molecule has 1 aromatic carbocycles. The highest BCUT2D eigenvalue weighted by atomic mass is 15.2. The molecular weight excluding hydrogens is 310 g/mol. The van der Waals surface area contributed by atoms with Gasteiger partial charge in [-0.2, -0.15) is 0 Å². The largest absolute Gasteiger partial charge is 0.383 e. The molecule has 0 saturated carbocycles. The van der Waals surface area contributed by atoms with E-state index in [2.05, 4.69) is 71.3 Å². The van der Waals surface area contributed by atoms with Crippen molar-refractivity contribution in [1.82, 2.24) is 16.0 Å². The first-order valence-corrected chi connectivity index (χ1v) is 9.80. The molecule has 4 N–H and O–H groups in total. The van der Waals surface area contributed by atoms with Crippen molar-refractivity contribution in [2.24, 2.45) is 0 Å². The van der Waals surface area contributed by atoms with Crippen molar-refractivity contribution in [2.75, 3.05) is 63.1 Å². The van der Waals surface area contributed by atoms with Gasteiger partial charge in [0.25, 0.3) is 0 Å². The molecule has 0 aromatic heterocycles. The molecule has 1 aromatic rings. The molecule has 0 spiro atoms. The molecule has 1 heterocycles. The first-order valence-electron chi connectivity index (χ1n) is 9.80. The number of hydrogen-bond acceptors (Lipinski definition) is 5. The van der Waals surface area contributed by atoms with Crippen LogP contribution in [0, 0.1) is 0 Å². The molecule has 0 radical (unpaired) electrons. The Morgan fingerprint density at radius 1 is 0.800 bits per heavy atom. The number of rotatable bonds is 0. The van der Waals surface area contributed by atoms with Gasteiger partial charge in [0.15, 0.2) is 0 Å². The molecule has 0 aliphatic carbocycles. The molecule has 25 heavy (non-hydrogen) atoms. The summed E-state index contributed by atoms with van der Waals surface area (Å²) in [4.78, 5) is 2.42. The van der Waals surface area contributed by atoms with Crippen molar-refractivity contribution in [3.63, 3.8) is 0 Å². The third-order valence-electron chi connectivity index (χ3n) is 5.14. The first-order chi connectivity index (χ1) is 12.1. The molecule has 0 bridgehead atoms. The van der Waals surface area contributed by atoms with E-state index in [1.807, 2.05) is 0 Å². The Morgan fingerprint density at radius 3 is 2.16 bits per heavy atom. The summed E-state index contributed by atoms with van der Waals surface area (Å²) in [7, 11) is 2.21. The molecule has 0 amide bonds. The Bertz CT molecular complexity index is 489. The van der Waals surface area contributed by atoms with Crippen LogP contribution in [-0.2, 0) is 0 Å². The van der Waals surface area contributed by atoms with Crippen molar-refractivity contribution in [3.8, 4) is 0 Å². The van der Waals surface area contributed by atoms with E-state index in [1.54, 1.807) is 0 Å². The molecule has 0 atom stereocenters. The average molecular weight is 348 g/mol. The van der Waals surface area contributed by atoms with Gasteiger partial charge in [-0.15, -0.1) is 0 Å². The number of anilines is 2. The molecular formula is C20H37N5. The van der Waals surface area contributed by atoms with Gasteiger partial charge in [0, 0.05) is 45.3 Å². The quantitative estimate of drug-likeness (QED) is 0.580. The zero-order chi connectivity index (χ0) is 18.0. The van der Waals surface area contributed by atoms with Crippen LogP contribution >= 0.6 is 0 Å². The lowest BCUT2D eigenvalue weighted by atomic mass is 9.97. The van der Waals surface area contributed by atoms with Crippen LogP contribution in [0.15, 0.2) is 24.3 Å². The number of benzene rings is 1. The van der Waals surface area contributed by atoms with E-state index in [-0.39, 0.29) is 5.54 Å². The molecule has 0 unspecified atom stereocenters. The Balaban J connectivity index is 2.02. The van der Waals surface area contributed by atoms with Gasteiger partial charge in [-0.1, -0.05) is 12.1 Å². The summed E-state index contributed by atoms with van der Waals surface area (Å²) >= 11 is 0. The molecule has 1 aliphatic heterocycles. The van der Waals surface area contributed by atoms with Gasteiger partial charge in [0.1, 0.15) is 0 Å². The fourth-order valence-corrected chi connectivity index (χ4v) is 3.13. The summed E-state index contributed by atoms with van der Waals surface area (Å²) in [6.07, 6.45) is 3.50. The highest BCUT2D eigenvalue weighted by Crippen LogP contribution is 2.31. The van der Waals surface area contributed by atoms with Crippen molar-refractivity contribution in [2.45, 2.75) is 38.6 Å². The summed E-state index contributed by atoms with van der Waals surface area (Å²) in [5.74, 6) is 0. The number of hydrogen-bond donors (Lipinski definition) is 4. The third kappa shape index (κ3) is 6.84. The summed E-state index contributed by atoms with van der Waals surface area (Å²) in [5.41, 5.74) is 2.63. The van der Waals surface area contributed by atoms with Gasteiger partial charge < -0.3 is 26.2 Å². The minimum atomic E-state index is 0.105. The highest BCUT2D eigenvalue weighted by Gasteiger charge is 2.24. The number of fused-ring (bicyclic) bond motifs is 1. The van der Waals surface area contributed by atoms with Crippen molar-refractivity contribution < 1.29 is 0 Å². The van der Waals surface area contributed by atoms with Crippen LogP contribution in [-0.4, -0.2) is 58.4 Å². The fourth-order valence-electron chi connectivity index (χ4n) is 3.13. The van der Waals surface area contributed by atoms with Gasteiger partial charge in [0.05, 0.1) is 11.4 Å². The molecule has 5 nitrogen and oxygen atoms in total. The maximum absolute atomic E-state index is 3.64. The summed E-state index contributed by atoms with van der Waals surface area (Å²) in [6.45, 7) is 12.0. The second-order valence-corrected chi connectivity index (χ2v) is 7.52. The van der Waals surface area contributed by atoms with Crippen LogP contribution in [0.4, 0.5) is 11.4 Å². The van der Waals surface area contributed by atoms with Crippen LogP contribution in [0.5, 0.6) is 0 Å². The topological polar surface area (TPSA) is 51.4 Å². The smallest absolute Gasteiger partial charge is 0.0603 e. The lowest BCUT2D eigenvalue weighted by molar-refractivity contribution is 0.431. The van der Waals surface area contributed by atoms with Gasteiger partial charge in [-0.3, -0.25) is 0 Å². The maximum Gasteiger partial charge on any atom is 0.0603 e. The van der Waals surface area contributed by atoms with Crippen LogP contribution in [0.2, 0.25) is 0 Å². The lowest BCUT2D eigenvalue weighted by Crippen LogP contribution is -2.44. The Kier molecular flexibility index (Phi) is 8.52. The summed E-state index contributed by atoms with van der Waals surface area (Å²) < 4.78 is 0. The van der Waals surface area contributed by atoms with E-state index >= 15 is 0 Å². The molecule has 0 saturated heterocycles. The summed E-state index contributed by atoms with van der Waals surface area (Å²) in [6, 6.07) is 8.67. The number of nitrogens with zero attached hydrogens (tertiary/aromatic N) is 1. The van der Waals surface area contributed by atoms with E-state index in [1.165, 1.54) is 24.2 Å². The number of nitrogens with one attached hydrogen (secondary N) is 4. The molecule has 5 heteroatoms. The molecule has 142 valence electrons. The lowest BCUT2D eigenvalue weighted by Gasteiger charge is -2.39. The van der Waals surface area contributed by atoms with Crippen LogP contribution in [0.1, 0.15) is 33.1 Å². The number of para-hydroxylation sites is 2. The molecule has 0 fully saturated rings. The van der Waals surface area contributed by atoms with E-state index in [9.17, 15) is 0 Å². The fraction of sp³-hybridized carbons (Fsp3) is 0.700. The Hall–Kier alpha value is -1.30. The van der Waals surface area contributed by atoms with Crippen molar-refractivity contribution in [3.05, 3.63) is 24.3 Å². The van der Waals surface area contributed by atoms with Gasteiger partial charge >= 0.3 is 0 Å². The zero-order valence-corrected chi connectivity index (χ0v) is 16.3. The average Bonchev–Trinajstić information content (AvgIpc) is 2.61. The normalized spacial score (nSPS) is 21.5. The van der Waals surface area contributed by atoms with Crippen molar-refractivity contribution in [1.29, 1.82) is 0 Å². The summed E-state index contributed by atoms with van der Waals surface area (Å²) in [5, 5.41) is 14.2. The minimum Gasteiger partial charge on any atom is -0.383 e. The van der Waals surface area contributed by atoms with Crippen LogP contribution in [0.25, 0.3) is 0 Å². The first kappa shape index (κ1) is 20.0. The van der Waals surface area contributed by atoms with Crippen molar-refractivity contribution >= 4 is 11.4 Å². The van der Waals surface area contributed by atoms with E-state index in [0.717, 1.165) is 52.2 Å². The molecule has 1 aliphatic rings. The van der Waals surface area contributed by atoms with Gasteiger partial charge in [-0.25, -0.2) is 0 Å². The maximum atomic E-state index is 3.64. The second kappa shape index (κ2) is 10.6. The van der Waals surface area contributed by atoms with E-state index in [0.29, 0.717) is 0 Å². The standard InChI is InChI=1S/C20H37N5/c1-20(2)10-13-22-15-17-23-16-14-21-11-6-7-12-24-18-8-4-5-9-19(18)25(20)3/h4-5,8-9,21-24H,6-7,10-17H2,1-3H3. The second-order valence-electron chi connectivity index (χ2n) is 7.52. The predicted molar refractivity (Wildman–Crippen MR) is 110 cm³/mol. The predicted octanol–water partition coefficient (Wildman–Crippen LogP) is 2.27. The zero-order valence-electron chi connectivity index (χ0n) is 16.3. The minimum absolute atomic E-state index is 0.105. The Morgan fingerprint density at radius 2 is 1.40 bits per heavy atom. The van der Waals surface area contributed by atoms with E-state index < -0.39 is 0 Å². The van der Waals surface area contributed by atoms with Crippen LogP contribution in [0.3, 0.4) is 0 Å². The molecule has 2 rings (SSSR count). The van der Waals surface area contributed by atoms with E-state index in [4.69, 9.17) is 0 Å². The van der Waals surface area contributed by atoms with Gasteiger partial charge in [0.2, 0.25) is 0 Å². The highest BCUT2D eigenvalue weighted by molar-refractivity contribution is 5.70. The van der Waals surface area contributed by atoms with Crippen LogP contribution < -0.4 is 26.2 Å². The third-order valence-corrected chi connectivity index (χ3v) is 5.14. The Labute approximate surface area is 153 Å². The monoisotopic (exact) mass is 347 g/mol. The van der Waals surface area contributed by atoms with Gasteiger partial charge in [-0.05, 0) is 58.3 Å². The SMILES string of the molecule is CN1c2ccccc2NCCCCNCCNCCNCCC1(C)C.